The summed E-state index contributed by atoms with van der Waals surface area (Å²) >= 11 is 0. The van der Waals surface area contributed by atoms with Crippen molar-refractivity contribution < 1.29 is 9.47 Å². The number of hydrogen-bond donors (Lipinski definition) is 0. The Bertz CT molecular complexity index is 717. The lowest BCUT2D eigenvalue weighted by Crippen LogP contribution is -1.89. The molecule has 0 spiro atoms. The van der Waals surface area contributed by atoms with E-state index in [2.05, 4.69) is 17.1 Å². The third-order valence-corrected chi connectivity index (χ3v) is 3.26. The fourth-order valence-corrected chi connectivity index (χ4v) is 2.24. The Labute approximate surface area is 117 Å². The summed E-state index contributed by atoms with van der Waals surface area (Å²) in [5.41, 5.74) is 3.06. The van der Waals surface area contributed by atoms with E-state index in [0.29, 0.717) is 0 Å². The maximum atomic E-state index is 5.32. The normalized spacial score (nSPS) is 10.7. The van der Waals surface area contributed by atoms with E-state index in [4.69, 9.17) is 9.47 Å². The molecule has 102 valence electrons. The van der Waals surface area contributed by atoms with Crippen molar-refractivity contribution in [1.82, 2.24) is 9.38 Å². The number of ether oxygens (including phenoxy) is 2. The summed E-state index contributed by atoms with van der Waals surface area (Å²) in [7, 11) is 3.33. The summed E-state index contributed by atoms with van der Waals surface area (Å²) in [6, 6.07) is 11.9. The van der Waals surface area contributed by atoms with Crippen molar-refractivity contribution in [2.45, 2.75) is 6.42 Å². The van der Waals surface area contributed by atoms with Crippen LogP contribution in [0.5, 0.6) is 11.5 Å². The van der Waals surface area contributed by atoms with Gasteiger partial charge in [-0.05, 0) is 29.8 Å². The van der Waals surface area contributed by atoms with E-state index >= 15 is 0 Å². The average molecular weight is 268 g/mol. The van der Waals surface area contributed by atoms with E-state index in [-0.39, 0.29) is 0 Å². The molecule has 0 fully saturated rings. The number of methoxy groups -OCH3 is 2. The van der Waals surface area contributed by atoms with Crippen LogP contribution < -0.4 is 9.47 Å². The lowest BCUT2D eigenvalue weighted by Gasteiger charge is -2.01. The third kappa shape index (κ3) is 2.32. The summed E-state index contributed by atoms with van der Waals surface area (Å²) in [4.78, 5) is 4.63. The minimum atomic E-state index is 0.786. The molecule has 2 aromatic heterocycles. The van der Waals surface area contributed by atoms with Gasteiger partial charge in [-0.3, -0.25) is 0 Å². The van der Waals surface area contributed by atoms with Gasteiger partial charge in [-0.25, -0.2) is 4.98 Å². The number of aromatic nitrogens is 2. The van der Waals surface area contributed by atoms with E-state index in [0.717, 1.165) is 29.3 Å². The monoisotopic (exact) mass is 268 g/mol. The number of benzene rings is 1. The summed E-state index contributed by atoms with van der Waals surface area (Å²) in [5.74, 6) is 1.65. The predicted octanol–water partition coefficient (Wildman–Crippen LogP) is 2.94. The second-order valence-corrected chi connectivity index (χ2v) is 4.56. The van der Waals surface area contributed by atoms with E-state index in [9.17, 15) is 0 Å². The molecule has 0 aliphatic heterocycles. The summed E-state index contributed by atoms with van der Waals surface area (Å²) in [5, 5.41) is 0. The molecule has 20 heavy (non-hydrogen) atoms. The second-order valence-electron chi connectivity index (χ2n) is 4.56. The summed E-state index contributed by atoms with van der Waals surface area (Å²) in [6.45, 7) is 0. The quantitative estimate of drug-likeness (QED) is 0.730. The molecule has 0 saturated heterocycles. The first kappa shape index (κ1) is 12.5. The molecule has 4 heteroatoms. The van der Waals surface area contributed by atoms with Gasteiger partial charge in [-0.1, -0.05) is 12.1 Å². The SMILES string of the molecule is COc1ccc(Cc2cn3cccc(OC)c3n2)cc1. The van der Waals surface area contributed by atoms with Crippen LogP contribution in [0.25, 0.3) is 5.65 Å². The van der Waals surface area contributed by atoms with E-state index in [1.54, 1.807) is 14.2 Å². The van der Waals surface area contributed by atoms with E-state index < -0.39 is 0 Å². The molecule has 0 aliphatic carbocycles. The van der Waals surface area contributed by atoms with Crippen LogP contribution in [0, 0.1) is 0 Å². The zero-order valence-electron chi connectivity index (χ0n) is 11.5. The highest BCUT2D eigenvalue weighted by Gasteiger charge is 2.07. The molecule has 0 atom stereocenters. The molecule has 0 bridgehead atoms. The van der Waals surface area contributed by atoms with Crippen molar-refractivity contribution in [2.75, 3.05) is 14.2 Å². The van der Waals surface area contributed by atoms with E-state index in [1.165, 1.54) is 5.56 Å². The third-order valence-electron chi connectivity index (χ3n) is 3.26. The minimum absolute atomic E-state index is 0.786. The Hall–Kier alpha value is -2.49. The molecule has 3 rings (SSSR count). The van der Waals surface area contributed by atoms with Crippen LogP contribution in [0.4, 0.5) is 0 Å². The van der Waals surface area contributed by atoms with Crippen LogP contribution in [0.2, 0.25) is 0 Å². The number of nitrogens with zero attached hydrogens (tertiary/aromatic N) is 2. The average Bonchev–Trinajstić information content (AvgIpc) is 2.90. The highest BCUT2D eigenvalue weighted by atomic mass is 16.5. The lowest BCUT2D eigenvalue weighted by atomic mass is 10.1. The van der Waals surface area contributed by atoms with Crippen molar-refractivity contribution in [3.05, 3.63) is 60.0 Å². The fourth-order valence-electron chi connectivity index (χ4n) is 2.24. The first-order chi connectivity index (χ1) is 9.80. The van der Waals surface area contributed by atoms with Gasteiger partial charge in [0.05, 0.1) is 19.9 Å². The number of rotatable bonds is 4. The number of pyridine rings is 1. The highest BCUT2D eigenvalue weighted by molar-refractivity contribution is 5.54. The minimum Gasteiger partial charge on any atom is -0.497 e. The highest BCUT2D eigenvalue weighted by Crippen LogP contribution is 2.20. The van der Waals surface area contributed by atoms with Crippen molar-refractivity contribution in [1.29, 1.82) is 0 Å². The first-order valence-electron chi connectivity index (χ1n) is 6.43. The van der Waals surface area contributed by atoms with Crippen molar-refractivity contribution in [3.63, 3.8) is 0 Å². The van der Waals surface area contributed by atoms with Gasteiger partial charge in [-0.15, -0.1) is 0 Å². The maximum absolute atomic E-state index is 5.32. The molecule has 1 aromatic carbocycles. The zero-order chi connectivity index (χ0) is 13.9. The van der Waals surface area contributed by atoms with Gasteiger partial charge in [0.2, 0.25) is 0 Å². The molecule has 0 saturated carbocycles. The molecule has 0 radical (unpaired) electrons. The Morgan fingerprint density at radius 1 is 1.05 bits per heavy atom. The standard InChI is InChI=1S/C16H16N2O2/c1-19-14-7-5-12(6-8-14)10-13-11-18-9-3-4-15(20-2)16(18)17-13/h3-9,11H,10H2,1-2H3. The molecule has 2 heterocycles. The second kappa shape index (κ2) is 5.25. The van der Waals surface area contributed by atoms with Crippen LogP contribution in [0.3, 0.4) is 0 Å². The van der Waals surface area contributed by atoms with Gasteiger partial charge in [0.25, 0.3) is 0 Å². The van der Waals surface area contributed by atoms with Gasteiger partial charge in [0.15, 0.2) is 11.4 Å². The summed E-state index contributed by atoms with van der Waals surface area (Å²) in [6.07, 6.45) is 4.79. The Kier molecular flexibility index (Phi) is 3.29. The number of hydrogen-bond acceptors (Lipinski definition) is 3. The molecule has 3 aromatic rings. The summed E-state index contributed by atoms with van der Waals surface area (Å²) < 4.78 is 12.5. The van der Waals surface area contributed by atoms with Gasteiger partial charge in [0.1, 0.15) is 5.75 Å². The predicted molar refractivity (Wildman–Crippen MR) is 77.5 cm³/mol. The van der Waals surface area contributed by atoms with Gasteiger partial charge < -0.3 is 13.9 Å². The maximum Gasteiger partial charge on any atom is 0.179 e. The largest absolute Gasteiger partial charge is 0.497 e. The topological polar surface area (TPSA) is 35.8 Å². The van der Waals surface area contributed by atoms with Crippen LogP contribution in [-0.2, 0) is 6.42 Å². The van der Waals surface area contributed by atoms with Crippen molar-refractivity contribution in [2.24, 2.45) is 0 Å². The molecule has 0 N–H and O–H groups in total. The van der Waals surface area contributed by atoms with Crippen molar-refractivity contribution in [3.8, 4) is 11.5 Å². The van der Waals surface area contributed by atoms with Crippen LogP contribution >= 0.6 is 0 Å². The molecular weight excluding hydrogens is 252 g/mol. The van der Waals surface area contributed by atoms with Crippen molar-refractivity contribution >= 4 is 5.65 Å². The van der Waals surface area contributed by atoms with Gasteiger partial charge >= 0.3 is 0 Å². The molecule has 4 nitrogen and oxygen atoms in total. The number of fused-ring (bicyclic) bond motifs is 1. The van der Waals surface area contributed by atoms with Crippen LogP contribution in [0.15, 0.2) is 48.8 Å². The molecule has 0 amide bonds. The molecular formula is C16H16N2O2. The Morgan fingerprint density at radius 3 is 2.55 bits per heavy atom. The molecule has 0 unspecified atom stereocenters. The Morgan fingerprint density at radius 2 is 1.85 bits per heavy atom. The smallest absolute Gasteiger partial charge is 0.179 e. The van der Waals surface area contributed by atoms with E-state index in [1.807, 2.05) is 41.1 Å². The number of imidazole rings is 1. The van der Waals surface area contributed by atoms with Crippen LogP contribution in [0.1, 0.15) is 11.3 Å². The first-order valence-corrected chi connectivity index (χ1v) is 6.43. The Balaban J connectivity index is 1.90. The van der Waals surface area contributed by atoms with Gasteiger partial charge in [-0.2, -0.15) is 0 Å². The zero-order valence-corrected chi connectivity index (χ0v) is 11.5. The van der Waals surface area contributed by atoms with Gasteiger partial charge in [0, 0.05) is 18.8 Å². The molecule has 0 aliphatic rings. The fraction of sp³-hybridized carbons (Fsp3) is 0.188. The van der Waals surface area contributed by atoms with Crippen LogP contribution in [-0.4, -0.2) is 23.6 Å². The lowest BCUT2D eigenvalue weighted by molar-refractivity contribution is 0.414.